The highest BCUT2D eigenvalue weighted by Crippen LogP contribution is 2.35. The third-order valence-corrected chi connectivity index (χ3v) is 5.36. The minimum atomic E-state index is 0.285. The van der Waals surface area contributed by atoms with E-state index in [1.807, 2.05) is 11.4 Å². The van der Waals surface area contributed by atoms with E-state index in [0.717, 1.165) is 39.4 Å². The molecule has 1 unspecified atom stereocenters. The van der Waals surface area contributed by atoms with Gasteiger partial charge in [0.15, 0.2) is 16.0 Å². The van der Waals surface area contributed by atoms with Crippen LogP contribution in [0.1, 0.15) is 23.9 Å². The van der Waals surface area contributed by atoms with E-state index in [-0.39, 0.29) is 5.92 Å². The number of aromatic nitrogens is 5. The second-order valence-electron chi connectivity index (χ2n) is 4.69. The lowest BCUT2D eigenvalue weighted by molar-refractivity contribution is 0.193. The molecule has 1 saturated heterocycles. The topological polar surface area (TPSA) is 91.2 Å². The molecule has 0 spiro atoms. The minimum Gasteiger partial charge on any atom is -0.381 e. The zero-order valence-electron chi connectivity index (χ0n) is 10.7. The molecule has 104 valence electrons. The standard InChI is InChI=1S/C11H12N6OS2/c1-5-7(19-10(12)13-5)9-16-17-8(6-2-3-18-4-6)14-15-11(17)20-9/h6H,2-4H2,1H3,(H2,12,13). The van der Waals surface area contributed by atoms with Gasteiger partial charge in [-0.3, -0.25) is 0 Å². The Morgan fingerprint density at radius 2 is 2.25 bits per heavy atom. The van der Waals surface area contributed by atoms with E-state index >= 15 is 0 Å². The number of nitrogens with zero attached hydrogens (tertiary/aromatic N) is 5. The Morgan fingerprint density at radius 3 is 2.95 bits per heavy atom. The third kappa shape index (κ3) is 1.81. The fraction of sp³-hybridized carbons (Fsp3) is 0.455. The van der Waals surface area contributed by atoms with E-state index in [0.29, 0.717) is 11.7 Å². The summed E-state index contributed by atoms with van der Waals surface area (Å²) in [5.41, 5.74) is 6.65. The molecular weight excluding hydrogens is 296 g/mol. The third-order valence-electron chi connectivity index (χ3n) is 3.32. The van der Waals surface area contributed by atoms with Crippen LogP contribution in [0.2, 0.25) is 0 Å². The molecule has 3 aromatic heterocycles. The minimum absolute atomic E-state index is 0.285. The van der Waals surface area contributed by atoms with Crippen LogP contribution in [-0.4, -0.2) is 38.0 Å². The monoisotopic (exact) mass is 308 g/mol. The van der Waals surface area contributed by atoms with Gasteiger partial charge in [0, 0.05) is 12.5 Å². The molecule has 1 atom stereocenters. The van der Waals surface area contributed by atoms with Crippen molar-refractivity contribution in [3.8, 4) is 9.88 Å². The molecule has 4 rings (SSSR count). The van der Waals surface area contributed by atoms with Crippen LogP contribution in [0.4, 0.5) is 5.13 Å². The van der Waals surface area contributed by atoms with Gasteiger partial charge in [-0.2, -0.15) is 9.61 Å². The first kappa shape index (κ1) is 12.2. The highest BCUT2D eigenvalue weighted by atomic mass is 32.1. The van der Waals surface area contributed by atoms with Crippen LogP contribution in [-0.2, 0) is 4.74 Å². The molecule has 20 heavy (non-hydrogen) atoms. The zero-order valence-corrected chi connectivity index (χ0v) is 12.4. The van der Waals surface area contributed by atoms with Gasteiger partial charge in [-0.15, -0.1) is 10.2 Å². The van der Waals surface area contributed by atoms with Crippen molar-refractivity contribution in [3.05, 3.63) is 11.5 Å². The predicted octanol–water partition coefficient (Wildman–Crippen LogP) is 1.70. The molecule has 0 aliphatic carbocycles. The number of hydrogen-bond donors (Lipinski definition) is 1. The summed E-state index contributed by atoms with van der Waals surface area (Å²) in [7, 11) is 0. The first-order valence-electron chi connectivity index (χ1n) is 6.25. The number of nitrogens with two attached hydrogens (primary N) is 1. The molecule has 0 radical (unpaired) electrons. The van der Waals surface area contributed by atoms with Gasteiger partial charge >= 0.3 is 0 Å². The average molecular weight is 308 g/mol. The number of anilines is 1. The molecule has 0 aromatic carbocycles. The largest absolute Gasteiger partial charge is 0.381 e. The molecule has 1 aliphatic heterocycles. The number of aryl methyl sites for hydroxylation is 1. The first-order valence-corrected chi connectivity index (χ1v) is 7.89. The summed E-state index contributed by atoms with van der Waals surface area (Å²) in [6.07, 6.45) is 0.972. The van der Waals surface area contributed by atoms with Gasteiger partial charge in [-0.1, -0.05) is 22.7 Å². The van der Waals surface area contributed by atoms with Crippen LogP contribution in [0.25, 0.3) is 14.8 Å². The van der Waals surface area contributed by atoms with E-state index in [2.05, 4.69) is 20.3 Å². The maximum atomic E-state index is 5.75. The normalized spacial score (nSPS) is 19.1. The summed E-state index contributed by atoms with van der Waals surface area (Å²) in [6.45, 7) is 3.41. The van der Waals surface area contributed by atoms with Crippen molar-refractivity contribution >= 4 is 32.8 Å². The number of ether oxygens (including phenoxy) is 1. The Morgan fingerprint density at radius 1 is 1.35 bits per heavy atom. The maximum absolute atomic E-state index is 5.75. The van der Waals surface area contributed by atoms with E-state index in [1.165, 1.54) is 22.7 Å². The lowest BCUT2D eigenvalue weighted by atomic mass is 10.1. The summed E-state index contributed by atoms with van der Waals surface area (Å²) >= 11 is 2.96. The van der Waals surface area contributed by atoms with Gasteiger partial charge < -0.3 is 10.5 Å². The lowest BCUT2D eigenvalue weighted by Crippen LogP contribution is -2.04. The molecule has 9 heteroatoms. The highest BCUT2D eigenvalue weighted by molar-refractivity contribution is 7.25. The van der Waals surface area contributed by atoms with Crippen molar-refractivity contribution in [2.75, 3.05) is 18.9 Å². The summed E-state index contributed by atoms with van der Waals surface area (Å²) in [6, 6.07) is 0. The highest BCUT2D eigenvalue weighted by Gasteiger charge is 2.25. The molecule has 0 amide bonds. The molecular formula is C11H12N6OS2. The fourth-order valence-electron chi connectivity index (χ4n) is 2.33. The number of hydrogen-bond acceptors (Lipinski definition) is 8. The quantitative estimate of drug-likeness (QED) is 0.775. The number of rotatable bonds is 2. The van der Waals surface area contributed by atoms with Crippen LogP contribution < -0.4 is 5.73 Å². The Kier molecular flexibility index (Phi) is 2.72. The van der Waals surface area contributed by atoms with Crippen molar-refractivity contribution in [2.24, 2.45) is 0 Å². The molecule has 0 bridgehead atoms. The van der Waals surface area contributed by atoms with Crippen molar-refractivity contribution < 1.29 is 4.74 Å². The van der Waals surface area contributed by atoms with Crippen LogP contribution in [0.15, 0.2) is 0 Å². The maximum Gasteiger partial charge on any atom is 0.235 e. The van der Waals surface area contributed by atoms with Gasteiger partial charge in [0.2, 0.25) is 4.96 Å². The van der Waals surface area contributed by atoms with Gasteiger partial charge in [-0.25, -0.2) is 4.98 Å². The van der Waals surface area contributed by atoms with E-state index in [4.69, 9.17) is 10.5 Å². The summed E-state index contributed by atoms with van der Waals surface area (Å²) in [4.78, 5) is 6.05. The van der Waals surface area contributed by atoms with Gasteiger partial charge in [0.05, 0.1) is 17.2 Å². The Labute approximate surface area is 122 Å². The van der Waals surface area contributed by atoms with Crippen molar-refractivity contribution in [3.63, 3.8) is 0 Å². The second kappa shape index (κ2) is 4.47. The summed E-state index contributed by atoms with van der Waals surface area (Å²) in [5.74, 6) is 1.17. The molecule has 4 heterocycles. The Hall–Kier alpha value is -1.58. The zero-order chi connectivity index (χ0) is 13.7. The average Bonchev–Trinajstić information content (AvgIpc) is 3.11. The van der Waals surface area contributed by atoms with Gasteiger partial charge in [0.1, 0.15) is 0 Å². The second-order valence-corrected chi connectivity index (χ2v) is 6.67. The number of fused-ring (bicyclic) bond motifs is 1. The molecule has 1 fully saturated rings. The van der Waals surface area contributed by atoms with Crippen LogP contribution in [0, 0.1) is 6.92 Å². The number of thiazole rings is 1. The van der Waals surface area contributed by atoms with Gasteiger partial charge in [0.25, 0.3) is 0 Å². The van der Waals surface area contributed by atoms with Crippen molar-refractivity contribution in [1.82, 2.24) is 24.8 Å². The van der Waals surface area contributed by atoms with E-state index in [1.54, 1.807) is 0 Å². The molecule has 2 N–H and O–H groups in total. The first-order chi connectivity index (χ1) is 9.72. The molecule has 3 aromatic rings. The van der Waals surface area contributed by atoms with Gasteiger partial charge in [-0.05, 0) is 13.3 Å². The summed E-state index contributed by atoms with van der Waals surface area (Å²) in [5, 5.41) is 14.5. The Balaban J connectivity index is 1.81. The lowest BCUT2D eigenvalue weighted by Gasteiger charge is -2.01. The molecule has 0 saturated carbocycles. The molecule has 7 nitrogen and oxygen atoms in total. The Bertz CT molecular complexity index is 769. The van der Waals surface area contributed by atoms with Crippen LogP contribution in [0.5, 0.6) is 0 Å². The van der Waals surface area contributed by atoms with Crippen molar-refractivity contribution in [2.45, 2.75) is 19.3 Å². The SMILES string of the molecule is Cc1nc(N)sc1-c1nn2c(C3CCOC3)nnc2s1. The predicted molar refractivity (Wildman–Crippen MR) is 77.1 cm³/mol. The van der Waals surface area contributed by atoms with E-state index < -0.39 is 0 Å². The fourth-order valence-corrected chi connectivity index (χ4v) is 4.13. The van der Waals surface area contributed by atoms with Crippen LogP contribution in [0.3, 0.4) is 0 Å². The van der Waals surface area contributed by atoms with Crippen LogP contribution >= 0.6 is 22.7 Å². The molecule has 1 aliphatic rings. The number of nitrogen functional groups attached to an aromatic ring is 1. The smallest absolute Gasteiger partial charge is 0.235 e. The van der Waals surface area contributed by atoms with Crippen molar-refractivity contribution in [1.29, 1.82) is 0 Å². The van der Waals surface area contributed by atoms with E-state index in [9.17, 15) is 0 Å². The summed E-state index contributed by atoms with van der Waals surface area (Å²) < 4.78 is 7.24.